The van der Waals surface area contributed by atoms with Crippen molar-refractivity contribution < 1.29 is 27.6 Å². The van der Waals surface area contributed by atoms with Gasteiger partial charge >= 0.3 is 6.18 Å². The van der Waals surface area contributed by atoms with Crippen LogP contribution >= 0.6 is 0 Å². The Morgan fingerprint density at radius 3 is 2.63 bits per heavy atom. The number of rotatable bonds is 5. The average molecular weight is 431 g/mol. The summed E-state index contributed by atoms with van der Waals surface area (Å²) in [4.78, 5) is 14.9. The lowest BCUT2D eigenvalue weighted by atomic mass is 9.91. The summed E-state index contributed by atoms with van der Waals surface area (Å²) in [5, 5.41) is 22.2. The summed E-state index contributed by atoms with van der Waals surface area (Å²) in [6, 6.07) is 1.04. The van der Waals surface area contributed by atoms with E-state index in [1.54, 1.807) is 26.8 Å². The van der Waals surface area contributed by atoms with Crippen LogP contribution in [0.2, 0.25) is 0 Å². The number of nitrogens with one attached hydrogen (secondary N) is 1. The van der Waals surface area contributed by atoms with Crippen molar-refractivity contribution in [3.63, 3.8) is 0 Å². The first-order chi connectivity index (χ1) is 13.8. The maximum Gasteiger partial charge on any atom is 0.407 e. The molecule has 1 fully saturated rings. The van der Waals surface area contributed by atoms with E-state index in [9.17, 15) is 23.1 Å². The van der Waals surface area contributed by atoms with E-state index >= 15 is 0 Å². The van der Waals surface area contributed by atoms with E-state index in [0.717, 1.165) is 5.01 Å². The standard InChI is InChI=1S/C19H28F3N5O3/c1-10(2)15(14-6-11(3)25-30-14)17(29)26-8-12(28)7-13(26)16-23-18(4,5)27(24-16)9-19(20,21)22/h6,10,12-13,15,28H,7-9H2,1-5H3,(H,23,24)/t12-,13+,15+/m1/s1. The van der Waals surface area contributed by atoms with Gasteiger partial charge in [-0.3, -0.25) is 9.80 Å². The number of aromatic nitrogens is 1. The fourth-order valence-electron chi connectivity index (χ4n) is 3.97. The highest BCUT2D eigenvalue weighted by atomic mass is 19.4. The van der Waals surface area contributed by atoms with E-state index < -0.39 is 36.4 Å². The number of carbonyl (C=O) groups is 1. The molecule has 2 aliphatic rings. The summed E-state index contributed by atoms with van der Waals surface area (Å²) in [7, 11) is 0. The molecule has 8 nitrogen and oxygen atoms in total. The number of aliphatic hydroxyl groups is 1. The highest BCUT2D eigenvalue weighted by Crippen LogP contribution is 2.33. The first kappa shape index (κ1) is 22.4. The quantitative estimate of drug-likeness (QED) is 0.743. The largest absolute Gasteiger partial charge is 0.407 e. The molecule has 2 aliphatic heterocycles. The number of hydrazone groups is 1. The molecule has 1 saturated heterocycles. The van der Waals surface area contributed by atoms with Crippen molar-refractivity contribution in [2.75, 3.05) is 13.1 Å². The Morgan fingerprint density at radius 1 is 1.43 bits per heavy atom. The van der Waals surface area contributed by atoms with Gasteiger partial charge in [0.05, 0.1) is 17.8 Å². The van der Waals surface area contributed by atoms with E-state index in [4.69, 9.17) is 4.52 Å². The fourth-order valence-corrected chi connectivity index (χ4v) is 3.97. The highest BCUT2D eigenvalue weighted by Gasteiger charge is 2.47. The minimum absolute atomic E-state index is 0.0697. The Kier molecular flexibility index (Phi) is 5.78. The maximum absolute atomic E-state index is 13.4. The lowest BCUT2D eigenvalue weighted by Gasteiger charge is -2.32. The molecule has 0 aliphatic carbocycles. The van der Waals surface area contributed by atoms with Crippen molar-refractivity contribution >= 4 is 11.7 Å². The first-order valence-electron chi connectivity index (χ1n) is 9.91. The maximum atomic E-state index is 13.4. The van der Waals surface area contributed by atoms with E-state index in [2.05, 4.69) is 15.6 Å². The van der Waals surface area contributed by atoms with Gasteiger partial charge in [0.25, 0.3) is 0 Å². The molecule has 168 valence electrons. The third kappa shape index (κ3) is 4.55. The second-order valence-corrected chi connectivity index (χ2v) is 8.83. The van der Waals surface area contributed by atoms with Crippen LogP contribution in [0.1, 0.15) is 51.5 Å². The number of hydrogen-bond acceptors (Lipinski definition) is 7. The van der Waals surface area contributed by atoms with Gasteiger partial charge in [0.2, 0.25) is 5.91 Å². The van der Waals surface area contributed by atoms with Gasteiger partial charge in [-0.2, -0.15) is 18.3 Å². The molecule has 0 radical (unpaired) electrons. The lowest BCUT2D eigenvalue weighted by molar-refractivity contribution is -0.156. The molecule has 11 heteroatoms. The van der Waals surface area contributed by atoms with E-state index in [-0.39, 0.29) is 30.6 Å². The number of β-amino-alcohol motifs (C(OH)–C–C–N with tert-alkyl or cyclic N) is 1. The van der Waals surface area contributed by atoms with Crippen molar-refractivity contribution in [3.05, 3.63) is 17.5 Å². The Morgan fingerprint density at radius 2 is 2.10 bits per heavy atom. The second-order valence-electron chi connectivity index (χ2n) is 8.83. The number of hydrogen-bond donors (Lipinski definition) is 2. The van der Waals surface area contributed by atoms with Gasteiger partial charge in [-0.05, 0) is 26.7 Å². The number of likely N-dealkylation sites (tertiary alicyclic amines) is 1. The molecule has 0 aromatic carbocycles. The highest BCUT2D eigenvalue weighted by molar-refractivity contribution is 5.95. The van der Waals surface area contributed by atoms with Crippen molar-refractivity contribution in [2.45, 2.75) is 70.9 Å². The molecule has 1 aromatic rings. The van der Waals surface area contributed by atoms with Crippen LogP contribution in [0, 0.1) is 12.8 Å². The van der Waals surface area contributed by atoms with Crippen LogP contribution in [0.25, 0.3) is 0 Å². The summed E-state index contributed by atoms with van der Waals surface area (Å²) < 4.78 is 44.2. The minimum Gasteiger partial charge on any atom is -0.391 e. The molecule has 0 saturated carbocycles. The number of nitrogens with zero attached hydrogens (tertiary/aromatic N) is 4. The zero-order valence-electron chi connectivity index (χ0n) is 17.7. The molecular formula is C19H28F3N5O3. The molecule has 3 heterocycles. The van der Waals surface area contributed by atoms with E-state index in [0.29, 0.717) is 11.5 Å². The molecule has 1 amide bonds. The van der Waals surface area contributed by atoms with Crippen molar-refractivity contribution in [1.82, 2.24) is 20.4 Å². The third-order valence-electron chi connectivity index (χ3n) is 5.40. The SMILES string of the molecule is Cc1cc([C@@H](C(=O)N2C[C@H](O)C[C@H]2C2=NN(CC(F)(F)F)C(C)(C)N2)C(C)C)on1. The molecule has 2 N–H and O–H groups in total. The van der Waals surface area contributed by atoms with Gasteiger partial charge in [-0.25, -0.2) is 0 Å². The van der Waals surface area contributed by atoms with Gasteiger partial charge in [-0.1, -0.05) is 19.0 Å². The number of aryl methyl sites for hydroxylation is 1. The van der Waals surface area contributed by atoms with Crippen LogP contribution in [-0.4, -0.2) is 69.0 Å². The van der Waals surface area contributed by atoms with Crippen LogP contribution < -0.4 is 5.32 Å². The molecule has 30 heavy (non-hydrogen) atoms. The summed E-state index contributed by atoms with van der Waals surface area (Å²) in [5.74, 6) is -0.349. The molecule has 0 unspecified atom stereocenters. The molecule has 1 aromatic heterocycles. The van der Waals surface area contributed by atoms with Crippen LogP contribution in [0.3, 0.4) is 0 Å². The predicted molar refractivity (Wildman–Crippen MR) is 102 cm³/mol. The van der Waals surface area contributed by atoms with Crippen molar-refractivity contribution in [2.24, 2.45) is 11.0 Å². The number of aliphatic hydroxyl groups excluding tert-OH is 1. The van der Waals surface area contributed by atoms with Gasteiger partial charge < -0.3 is 19.8 Å². The molecule has 3 rings (SSSR count). The van der Waals surface area contributed by atoms with Crippen LogP contribution in [-0.2, 0) is 4.79 Å². The monoisotopic (exact) mass is 431 g/mol. The van der Waals surface area contributed by atoms with Gasteiger partial charge in [0.1, 0.15) is 29.7 Å². The van der Waals surface area contributed by atoms with Crippen molar-refractivity contribution in [1.29, 1.82) is 0 Å². The average Bonchev–Trinajstić information content (AvgIpc) is 3.24. The molecular weight excluding hydrogens is 403 g/mol. The molecule has 0 bridgehead atoms. The zero-order valence-corrected chi connectivity index (χ0v) is 17.7. The summed E-state index contributed by atoms with van der Waals surface area (Å²) >= 11 is 0. The Labute approximate surface area is 173 Å². The van der Waals surface area contributed by atoms with E-state index in [1.165, 1.54) is 4.90 Å². The predicted octanol–water partition coefficient (Wildman–Crippen LogP) is 2.20. The van der Waals surface area contributed by atoms with Crippen LogP contribution in [0.4, 0.5) is 13.2 Å². The minimum atomic E-state index is -4.42. The smallest absolute Gasteiger partial charge is 0.391 e. The Balaban J connectivity index is 1.88. The first-order valence-corrected chi connectivity index (χ1v) is 9.91. The number of carbonyl (C=O) groups excluding carboxylic acids is 1. The number of alkyl halides is 3. The second kappa shape index (κ2) is 7.75. The van der Waals surface area contributed by atoms with Crippen LogP contribution in [0.15, 0.2) is 15.7 Å². The van der Waals surface area contributed by atoms with Crippen LogP contribution in [0.5, 0.6) is 0 Å². The summed E-state index contributed by atoms with van der Waals surface area (Å²) in [6.45, 7) is 7.53. The Hall–Kier alpha value is -2.30. The molecule has 3 atom stereocenters. The molecule has 0 spiro atoms. The Bertz CT molecular complexity index is 821. The fraction of sp³-hybridized carbons (Fsp3) is 0.737. The van der Waals surface area contributed by atoms with E-state index in [1.807, 2.05) is 13.8 Å². The number of amides is 1. The number of amidine groups is 1. The summed E-state index contributed by atoms with van der Waals surface area (Å²) in [5.41, 5.74) is -0.431. The lowest BCUT2D eigenvalue weighted by Crippen LogP contribution is -2.54. The normalized spacial score (nSPS) is 24.9. The zero-order chi connectivity index (χ0) is 22.4. The van der Waals surface area contributed by atoms with Gasteiger partial charge in [0.15, 0.2) is 0 Å². The van der Waals surface area contributed by atoms with Gasteiger partial charge in [0, 0.05) is 19.0 Å². The topological polar surface area (TPSA) is 94.2 Å². The van der Waals surface area contributed by atoms with Gasteiger partial charge in [-0.15, -0.1) is 0 Å². The third-order valence-corrected chi connectivity index (χ3v) is 5.40. The number of halogens is 3. The summed E-state index contributed by atoms with van der Waals surface area (Å²) in [6.07, 6.45) is -5.03. The van der Waals surface area contributed by atoms with Crippen molar-refractivity contribution in [3.8, 4) is 0 Å².